The zero-order valence-electron chi connectivity index (χ0n) is 22.6. The maximum absolute atomic E-state index is 13.5. The van der Waals surface area contributed by atoms with Crippen LogP contribution in [0.3, 0.4) is 0 Å². The molecule has 1 aliphatic heterocycles. The number of amides is 1. The standard InChI is InChI=1S/C31H31F7N2O/c1-20(2)15-40(29(41)22-8-12-27(32)13-9-22)18-24-17-39(16-21-6-10-25(11-7-21)30(33,34)35)19-28(24)23-4-3-5-26(14-23)31(36,37)38/h3-14,20,24,28H,15-19H2,1-2H3/t24-,28-/m1/s1. The van der Waals surface area contributed by atoms with Crippen LogP contribution in [0.5, 0.6) is 0 Å². The van der Waals surface area contributed by atoms with Gasteiger partial charge in [0, 0.05) is 44.2 Å². The number of carbonyl (C=O) groups excluding carboxylic acids is 1. The predicted octanol–water partition coefficient (Wildman–Crippen LogP) is 7.88. The summed E-state index contributed by atoms with van der Waals surface area (Å²) < 4.78 is 93.1. The molecule has 1 fully saturated rings. The largest absolute Gasteiger partial charge is 0.416 e. The Morgan fingerprint density at radius 2 is 1.51 bits per heavy atom. The van der Waals surface area contributed by atoms with Gasteiger partial charge in [0.15, 0.2) is 0 Å². The number of halogens is 7. The number of carbonyl (C=O) groups is 1. The third-order valence-corrected chi connectivity index (χ3v) is 7.27. The van der Waals surface area contributed by atoms with E-state index in [-0.39, 0.29) is 30.2 Å². The molecule has 0 unspecified atom stereocenters. The first-order valence-corrected chi connectivity index (χ1v) is 13.3. The van der Waals surface area contributed by atoms with Crippen LogP contribution in [0, 0.1) is 17.7 Å². The van der Waals surface area contributed by atoms with Gasteiger partial charge in [-0.05, 0) is 65.4 Å². The average Bonchev–Trinajstić information content (AvgIpc) is 3.29. The van der Waals surface area contributed by atoms with Crippen LogP contribution in [-0.2, 0) is 18.9 Å². The highest BCUT2D eigenvalue weighted by Gasteiger charge is 2.38. The SMILES string of the molecule is CC(C)CN(C[C@H]1CN(Cc2ccc(C(F)(F)F)cc2)C[C@@H]1c1cccc(C(F)(F)F)c1)C(=O)c1ccc(F)cc1. The lowest BCUT2D eigenvalue weighted by molar-refractivity contribution is -0.138. The lowest BCUT2D eigenvalue weighted by Gasteiger charge is -2.30. The molecule has 3 nitrogen and oxygen atoms in total. The van der Waals surface area contributed by atoms with Gasteiger partial charge in [-0.2, -0.15) is 26.3 Å². The molecule has 0 bridgehead atoms. The van der Waals surface area contributed by atoms with Crippen molar-refractivity contribution in [2.45, 2.75) is 38.7 Å². The number of benzene rings is 3. The molecule has 0 spiro atoms. The van der Waals surface area contributed by atoms with Gasteiger partial charge in [-0.1, -0.05) is 44.2 Å². The molecule has 10 heteroatoms. The van der Waals surface area contributed by atoms with E-state index in [1.165, 1.54) is 42.5 Å². The Bertz CT molecular complexity index is 1320. The van der Waals surface area contributed by atoms with Crippen molar-refractivity contribution in [3.63, 3.8) is 0 Å². The maximum Gasteiger partial charge on any atom is 0.416 e. The van der Waals surface area contributed by atoms with Crippen LogP contribution in [0.1, 0.15) is 52.4 Å². The van der Waals surface area contributed by atoms with Gasteiger partial charge in [0.1, 0.15) is 5.82 Å². The molecule has 0 aromatic heterocycles. The Balaban J connectivity index is 1.62. The molecule has 3 aromatic carbocycles. The van der Waals surface area contributed by atoms with E-state index in [0.29, 0.717) is 42.9 Å². The summed E-state index contributed by atoms with van der Waals surface area (Å²) in [6.45, 7) is 5.63. The summed E-state index contributed by atoms with van der Waals surface area (Å²) >= 11 is 0. The van der Waals surface area contributed by atoms with Gasteiger partial charge in [0.25, 0.3) is 5.91 Å². The van der Waals surface area contributed by atoms with Crippen molar-refractivity contribution in [3.8, 4) is 0 Å². The van der Waals surface area contributed by atoms with E-state index in [9.17, 15) is 35.5 Å². The van der Waals surface area contributed by atoms with Crippen LogP contribution >= 0.6 is 0 Å². The first-order valence-electron chi connectivity index (χ1n) is 13.3. The minimum Gasteiger partial charge on any atom is -0.338 e. The van der Waals surface area contributed by atoms with Crippen molar-refractivity contribution in [3.05, 3.63) is 106 Å². The van der Waals surface area contributed by atoms with Crippen LogP contribution in [0.25, 0.3) is 0 Å². The lowest BCUT2D eigenvalue weighted by Crippen LogP contribution is -2.39. The molecule has 1 amide bonds. The van der Waals surface area contributed by atoms with Crippen LogP contribution in [0.15, 0.2) is 72.8 Å². The van der Waals surface area contributed by atoms with Crippen molar-refractivity contribution in [2.24, 2.45) is 11.8 Å². The number of hydrogen-bond donors (Lipinski definition) is 0. The molecule has 1 saturated heterocycles. The molecule has 4 rings (SSSR count). The van der Waals surface area contributed by atoms with Crippen molar-refractivity contribution >= 4 is 5.91 Å². The number of nitrogens with zero attached hydrogens (tertiary/aromatic N) is 2. The predicted molar refractivity (Wildman–Crippen MR) is 142 cm³/mol. The summed E-state index contributed by atoms with van der Waals surface area (Å²) in [6, 6.07) is 15.2. The Morgan fingerprint density at radius 1 is 0.878 bits per heavy atom. The van der Waals surface area contributed by atoms with E-state index < -0.39 is 29.3 Å². The molecule has 0 N–H and O–H groups in total. The van der Waals surface area contributed by atoms with Crippen molar-refractivity contribution in [1.29, 1.82) is 0 Å². The quantitative estimate of drug-likeness (QED) is 0.253. The molecule has 3 aromatic rings. The van der Waals surface area contributed by atoms with Gasteiger partial charge in [-0.15, -0.1) is 0 Å². The van der Waals surface area contributed by atoms with Crippen molar-refractivity contribution in [1.82, 2.24) is 9.80 Å². The Kier molecular flexibility index (Phi) is 9.11. The average molecular weight is 581 g/mol. The zero-order valence-corrected chi connectivity index (χ0v) is 22.6. The molecule has 0 aliphatic carbocycles. The fourth-order valence-electron chi connectivity index (χ4n) is 5.39. The molecule has 41 heavy (non-hydrogen) atoms. The third kappa shape index (κ3) is 7.87. The third-order valence-electron chi connectivity index (χ3n) is 7.27. The number of rotatable bonds is 8. The molecule has 220 valence electrons. The van der Waals surface area contributed by atoms with Gasteiger partial charge >= 0.3 is 12.4 Å². The highest BCUT2D eigenvalue weighted by atomic mass is 19.4. The fourth-order valence-corrected chi connectivity index (χ4v) is 5.39. The van der Waals surface area contributed by atoms with E-state index in [4.69, 9.17) is 0 Å². The molecule has 2 atom stereocenters. The van der Waals surface area contributed by atoms with Crippen molar-refractivity contribution < 1.29 is 35.5 Å². The van der Waals surface area contributed by atoms with E-state index in [0.717, 1.165) is 24.3 Å². The number of hydrogen-bond acceptors (Lipinski definition) is 2. The molecule has 1 heterocycles. The van der Waals surface area contributed by atoms with Gasteiger partial charge in [-0.3, -0.25) is 9.69 Å². The van der Waals surface area contributed by atoms with Gasteiger partial charge < -0.3 is 4.90 Å². The van der Waals surface area contributed by atoms with Crippen molar-refractivity contribution in [2.75, 3.05) is 26.2 Å². The maximum atomic E-state index is 13.5. The second-order valence-electron chi connectivity index (χ2n) is 11.0. The van der Waals surface area contributed by atoms with Gasteiger partial charge in [0.05, 0.1) is 11.1 Å². The smallest absolute Gasteiger partial charge is 0.338 e. The molecular formula is C31H31F7N2O. The second kappa shape index (κ2) is 12.2. The molecule has 0 saturated carbocycles. The van der Waals surface area contributed by atoms with Crippen LogP contribution < -0.4 is 0 Å². The molecule has 0 radical (unpaired) electrons. The molecular weight excluding hydrogens is 549 g/mol. The van der Waals surface area contributed by atoms with Crippen LogP contribution in [0.2, 0.25) is 0 Å². The molecule has 1 aliphatic rings. The summed E-state index contributed by atoms with van der Waals surface area (Å²) in [5.74, 6) is -1.30. The first-order chi connectivity index (χ1) is 19.2. The Labute approximate surface area is 234 Å². The summed E-state index contributed by atoms with van der Waals surface area (Å²) in [6.07, 6.45) is -8.98. The van der Waals surface area contributed by atoms with E-state index in [2.05, 4.69) is 0 Å². The highest BCUT2D eigenvalue weighted by Crippen LogP contribution is 2.38. The fraction of sp³-hybridized carbons (Fsp3) is 0.387. The van der Waals surface area contributed by atoms with Crippen LogP contribution in [0.4, 0.5) is 30.7 Å². The first kappa shape index (κ1) is 30.6. The normalized spacial score (nSPS) is 18.2. The topological polar surface area (TPSA) is 23.6 Å². The summed E-state index contributed by atoms with van der Waals surface area (Å²) in [5, 5.41) is 0. The minimum atomic E-state index is -4.52. The summed E-state index contributed by atoms with van der Waals surface area (Å²) in [4.78, 5) is 17.1. The van der Waals surface area contributed by atoms with Gasteiger partial charge in [0.2, 0.25) is 0 Å². The number of alkyl halides is 6. The van der Waals surface area contributed by atoms with E-state index in [1.807, 2.05) is 18.7 Å². The minimum absolute atomic E-state index is 0.0936. The second-order valence-corrected chi connectivity index (χ2v) is 11.0. The monoisotopic (exact) mass is 580 g/mol. The van der Waals surface area contributed by atoms with E-state index >= 15 is 0 Å². The summed E-state index contributed by atoms with van der Waals surface area (Å²) in [7, 11) is 0. The zero-order chi connectivity index (χ0) is 29.9. The highest BCUT2D eigenvalue weighted by molar-refractivity contribution is 5.94. The lowest BCUT2D eigenvalue weighted by atomic mass is 9.87. The Morgan fingerprint density at radius 3 is 2.10 bits per heavy atom. The number of likely N-dealkylation sites (tertiary alicyclic amines) is 1. The Hall–Kier alpha value is -3.40. The summed E-state index contributed by atoms with van der Waals surface area (Å²) in [5.41, 5.74) is -0.0917. The van der Waals surface area contributed by atoms with E-state index in [1.54, 1.807) is 11.0 Å². The van der Waals surface area contributed by atoms with Gasteiger partial charge in [-0.25, -0.2) is 4.39 Å². The van der Waals surface area contributed by atoms with Crippen LogP contribution in [-0.4, -0.2) is 41.9 Å².